The van der Waals surface area contributed by atoms with Gasteiger partial charge in [-0.2, -0.15) is 9.65 Å². The minimum absolute atomic E-state index is 0.0257. The van der Waals surface area contributed by atoms with E-state index in [0.717, 1.165) is 12.1 Å². The van der Waals surface area contributed by atoms with Crippen LogP contribution in [-0.2, 0) is 0 Å². The number of hydrogen-bond donors (Lipinski definition) is 1. The molecular formula is C10H10FN3. The fourth-order valence-electron chi connectivity index (χ4n) is 1.77. The molecule has 2 atom stereocenters. The Kier molecular flexibility index (Phi) is 2.42. The first-order chi connectivity index (χ1) is 6.81. The molecule has 1 N–H and O–H groups in total. The van der Waals surface area contributed by atoms with E-state index < -0.39 is 5.95 Å². The molecule has 2 rings (SSSR count). The highest BCUT2D eigenvalue weighted by Crippen LogP contribution is 2.26. The van der Waals surface area contributed by atoms with Crippen molar-refractivity contribution in [2.45, 2.75) is 5.92 Å². The summed E-state index contributed by atoms with van der Waals surface area (Å²) in [6.45, 7) is 1.48. The number of nitriles is 1. The van der Waals surface area contributed by atoms with Gasteiger partial charge in [0, 0.05) is 25.2 Å². The number of rotatable bonds is 1. The number of aromatic nitrogens is 1. The summed E-state index contributed by atoms with van der Waals surface area (Å²) < 4.78 is 12.6. The van der Waals surface area contributed by atoms with Gasteiger partial charge in [0.1, 0.15) is 0 Å². The summed E-state index contributed by atoms with van der Waals surface area (Å²) >= 11 is 0. The van der Waals surface area contributed by atoms with Crippen LogP contribution in [0.2, 0.25) is 0 Å². The summed E-state index contributed by atoms with van der Waals surface area (Å²) in [5, 5.41) is 12.0. The third kappa shape index (κ3) is 1.59. The Balaban J connectivity index is 2.23. The molecule has 1 aliphatic rings. The second-order valence-electron chi connectivity index (χ2n) is 3.41. The first-order valence-corrected chi connectivity index (χ1v) is 4.53. The lowest BCUT2D eigenvalue weighted by molar-refractivity contribution is 0.575. The molecule has 0 saturated carbocycles. The van der Waals surface area contributed by atoms with Gasteiger partial charge in [0.25, 0.3) is 0 Å². The van der Waals surface area contributed by atoms with E-state index in [1.807, 2.05) is 0 Å². The standard InChI is InChI=1S/C10H10FN3/c11-10-2-1-7(5-14-10)9-6-13-4-8(9)3-12/h1-2,5,8-9,13H,4,6H2/t8-,9+/m1/s1. The molecule has 1 aromatic heterocycles. The van der Waals surface area contributed by atoms with Crippen LogP contribution >= 0.6 is 0 Å². The maximum atomic E-state index is 12.6. The second kappa shape index (κ2) is 3.72. The van der Waals surface area contributed by atoms with Gasteiger partial charge in [0.05, 0.1) is 12.0 Å². The van der Waals surface area contributed by atoms with E-state index in [2.05, 4.69) is 16.4 Å². The van der Waals surface area contributed by atoms with Crippen molar-refractivity contribution in [2.75, 3.05) is 13.1 Å². The third-order valence-corrected chi connectivity index (χ3v) is 2.56. The predicted molar refractivity (Wildman–Crippen MR) is 48.9 cm³/mol. The molecule has 14 heavy (non-hydrogen) atoms. The highest BCUT2D eigenvalue weighted by molar-refractivity contribution is 5.21. The van der Waals surface area contributed by atoms with Gasteiger partial charge in [-0.05, 0) is 11.6 Å². The van der Waals surface area contributed by atoms with Gasteiger partial charge in [0.15, 0.2) is 0 Å². The molecule has 0 aliphatic carbocycles. The first-order valence-electron chi connectivity index (χ1n) is 4.53. The Morgan fingerprint density at radius 3 is 3.00 bits per heavy atom. The van der Waals surface area contributed by atoms with E-state index in [-0.39, 0.29) is 11.8 Å². The number of halogens is 1. The van der Waals surface area contributed by atoms with Crippen molar-refractivity contribution in [3.05, 3.63) is 29.8 Å². The number of nitrogens with zero attached hydrogens (tertiary/aromatic N) is 2. The fourth-order valence-corrected chi connectivity index (χ4v) is 1.77. The lowest BCUT2D eigenvalue weighted by Gasteiger charge is -2.11. The molecule has 4 heteroatoms. The van der Waals surface area contributed by atoms with E-state index in [0.29, 0.717) is 6.54 Å². The Bertz CT molecular complexity index is 355. The Morgan fingerprint density at radius 1 is 1.50 bits per heavy atom. The van der Waals surface area contributed by atoms with E-state index >= 15 is 0 Å². The van der Waals surface area contributed by atoms with Gasteiger partial charge < -0.3 is 5.32 Å². The predicted octanol–water partition coefficient (Wildman–Crippen LogP) is 1.05. The molecule has 2 heterocycles. The Morgan fingerprint density at radius 2 is 2.36 bits per heavy atom. The highest BCUT2D eigenvalue weighted by atomic mass is 19.1. The first kappa shape index (κ1) is 9.10. The minimum Gasteiger partial charge on any atom is -0.315 e. The lowest BCUT2D eigenvalue weighted by Crippen LogP contribution is -2.08. The largest absolute Gasteiger partial charge is 0.315 e. The quantitative estimate of drug-likeness (QED) is 0.675. The number of pyridine rings is 1. The lowest BCUT2D eigenvalue weighted by atomic mass is 9.91. The van der Waals surface area contributed by atoms with Gasteiger partial charge in [-0.15, -0.1) is 0 Å². The molecule has 0 spiro atoms. The van der Waals surface area contributed by atoms with E-state index in [1.165, 1.54) is 12.3 Å². The summed E-state index contributed by atoms with van der Waals surface area (Å²) in [5.74, 6) is -0.358. The van der Waals surface area contributed by atoms with Crippen molar-refractivity contribution < 1.29 is 4.39 Å². The Labute approximate surface area is 81.6 Å². The van der Waals surface area contributed by atoms with Gasteiger partial charge in [-0.1, -0.05) is 6.07 Å². The monoisotopic (exact) mass is 191 g/mol. The van der Waals surface area contributed by atoms with Crippen LogP contribution in [0.3, 0.4) is 0 Å². The van der Waals surface area contributed by atoms with Crippen molar-refractivity contribution >= 4 is 0 Å². The summed E-state index contributed by atoms with van der Waals surface area (Å²) in [7, 11) is 0. The topological polar surface area (TPSA) is 48.7 Å². The molecule has 1 fully saturated rings. The van der Waals surface area contributed by atoms with Gasteiger partial charge in [0.2, 0.25) is 5.95 Å². The van der Waals surface area contributed by atoms with E-state index in [4.69, 9.17) is 5.26 Å². The zero-order valence-electron chi connectivity index (χ0n) is 7.57. The zero-order chi connectivity index (χ0) is 9.97. The maximum absolute atomic E-state index is 12.6. The number of hydrogen-bond acceptors (Lipinski definition) is 3. The van der Waals surface area contributed by atoms with Gasteiger partial charge >= 0.3 is 0 Å². The SMILES string of the molecule is N#C[C@@H]1CNC[C@H]1c1ccc(F)nc1. The van der Waals surface area contributed by atoms with Crippen molar-refractivity contribution in [1.82, 2.24) is 10.3 Å². The molecule has 1 aliphatic heterocycles. The molecule has 72 valence electrons. The average molecular weight is 191 g/mol. The molecular weight excluding hydrogens is 181 g/mol. The van der Waals surface area contributed by atoms with Crippen LogP contribution in [0.15, 0.2) is 18.3 Å². The smallest absolute Gasteiger partial charge is 0.212 e. The van der Waals surface area contributed by atoms with Gasteiger partial charge in [-0.25, -0.2) is 4.98 Å². The molecule has 3 nitrogen and oxygen atoms in total. The van der Waals surface area contributed by atoms with Crippen molar-refractivity contribution in [2.24, 2.45) is 5.92 Å². The van der Waals surface area contributed by atoms with Crippen molar-refractivity contribution in [3.63, 3.8) is 0 Å². The van der Waals surface area contributed by atoms with Crippen LogP contribution < -0.4 is 5.32 Å². The summed E-state index contributed by atoms with van der Waals surface area (Å²) in [5.41, 5.74) is 0.933. The normalized spacial score (nSPS) is 26.0. The molecule has 1 aromatic rings. The van der Waals surface area contributed by atoms with E-state index in [9.17, 15) is 4.39 Å². The summed E-state index contributed by atoms with van der Waals surface area (Å²) in [4.78, 5) is 3.59. The maximum Gasteiger partial charge on any atom is 0.212 e. The molecule has 0 bridgehead atoms. The molecule has 0 unspecified atom stereocenters. The van der Waals surface area contributed by atoms with Gasteiger partial charge in [-0.3, -0.25) is 0 Å². The molecule has 1 saturated heterocycles. The van der Waals surface area contributed by atoms with Crippen LogP contribution in [0.5, 0.6) is 0 Å². The van der Waals surface area contributed by atoms with Crippen molar-refractivity contribution in [3.8, 4) is 6.07 Å². The van der Waals surface area contributed by atoms with Crippen LogP contribution in [0.4, 0.5) is 4.39 Å². The third-order valence-electron chi connectivity index (χ3n) is 2.56. The highest BCUT2D eigenvalue weighted by Gasteiger charge is 2.28. The van der Waals surface area contributed by atoms with Crippen LogP contribution in [-0.4, -0.2) is 18.1 Å². The van der Waals surface area contributed by atoms with Crippen LogP contribution in [0.1, 0.15) is 11.5 Å². The second-order valence-corrected chi connectivity index (χ2v) is 3.41. The Hall–Kier alpha value is -1.47. The fraction of sp³-hybridized carbons (Fsp3) is 0.400. The average Bonchev–Trinajstić information content (AvgIpc) is 2.67. The van der Waals surface area contributed by atoms with Crippen molar-refractivity contribution in [1.29, 1.82) is 5.26 Å². The molecule has 0 radical (unpaired) electrons. The molecule has 0 aromatic carbocycles. The van der Waals surface area contributed by atoms with Crippen LogP contribution in [0, 0.1) is 23.2 Å². The minimum atomic E-state index is -0.479. The summed E-state index contributed by atoms with van der Waals surface area (Å²) in [6.07, 6.45) is 1.51. The molecule has 0 amide bonds. The summed E-state index contributed by atoms with van der Waals surface area (Å²) in [6, 6.07) is 5.28. The van der Waals surface area contributed by atoms with E-state index in [1.54, 1.807) is 6.07 Å². The van der Waals surface area contributed by atoms with Crippen LogP contribution in [0.25, 0.3) is 0 Å². The zero-order valence-corrected chi connectivity index (χ0v) is 7.57. The number of nitrogens with one attached hydrogen (secondary N) is 1.